The van der Waals surface area contributed by atoms with Gasteiger partial charge in [-0.3, -0.25) is 9.78 Å². The first-order chi connectivity index (χ1) is 18.1. The fourth-order valence-electron chi connectivity index (χ4n) is 4.94. The molecule has 3 heterocycles. The zero-order valence-corrected chi connectivity index (χ0v) is 20.2. The smallest absolute Gasteiger partial charge is 0.219 e. The molecule has 1 unspecified atom stereocenters. The molecule has 0 saturated carbocycles. The third-order valence-electron chi connectivity index (χ3n) is 6.70. The summed E-state index contributed by atoms with van der Waals surface area (Å²) in [6, 6.07) is 17.8. The van der Waals surface area contributed by atoms with Gasteiger partial charge in [-0.2, -0.15) is 0 Å². The molecule has 5 aromatic rings. The normalized spacial score (nSPS) is 15.3. The Morgan fingerprint density at radius 1 is 1.11 bits per heavy atom. The van der Waals surface area contributed by atoms with Crippen molar-refractivity contribution in [3.63, 3.8) is 0 Å². The summed E-state index contributed by atoms with van der Waals surface area (Å²) in [5.74, 6) is 1.61. The minimum absolute atomic E-state index is 0.0349. The van der Waals surface area contributed by atoms with E-state index in [-0.39, 0.29) is 17.8 Å². The van der Waals surface area contributed by atoms with Gasteiger partial charge in [-0.05, 0) is 42.7 Å². The van der Waals surface area contributed by atoms with E-state index in [1.54, 1.807) is 37.6 Å². The first-order valence-electron chi connectivity index (χ1n) is 12.2. The van der Waals surface area contributed by atoms with Gasteiger partial charge in [0.25, 0.3) is 0 Å². The number of nitrogens with zero attached hydrogens (tertiary/aromatic N) is 4. The number of carbonyl (C=O) groups excluding carboxylic acids is 1. The van der Waals surface area contributed by atoms with Crippen molar-refractivity contribution in [1.29, 1.82) is 0 Å². The summed E-state index contributed by atoms with van der Waals surface area (Å²) in [5.41, 5.74) is 4.39. The van der Waals surface area contributed by atoms with Crippen LogP contribution in [0.25, 0.3) is 33.7 Å². The van der Waals surface area contributed by atoms with Crippen molar-refractivity contribution in [2.75, 3.05) is 6.54 Å². The Bertz CT molecular complexity index is 1580. The maximum atomic E-state index is 14.2. The number of hydrogen-bond acceptors (Lipinski definition) is 5. The highest BCUT2D eigenvalue weighted by Gasteiger charge is 2.31. The van der Waals surface area contributed by atoms with Crippen molar-refractivity contribution in [2.45, 2.75) is 25.8 Å². The van der Waals surface area contributed by atoms with Gasteiger partial charge < -0.3 is 14.6 Å². The van der Waals surface area contributed by atoms with Crippen molar-refractivity contribution >= 4 is 16.9 Å². The van der Waals surface area contributed by atoms with Crippen LogP contribution in [0.1, 0.15) is 31.4 Å². The number of fused-ring (bicyclic) bond motifs is 1. The number of halogens is 1. The van der Waals surface area contributed by atoms with Crippen LogP contribution in [0.3, 0.4) is 0 Å². The maximum absolute atomic E-state index is 14.2. The Kier molecular flexibility index (Phi) is 5.84. The molecule has 0 radical (unpaired) electrons. The van der Waals surface area contributed by atoms with Crippen molar-refractivity contribution in [3.8, 4) is 34.1 Å². The van der Waals surface area contributed by atoms with Gasteiger partial charge in [-0.1, -0.05) is 30.3 Å². The molecule has 0 aliphatic carbocycles. The fraction of sp³-hybridized carbons (Fsp3) is 0.172. The van der Waals surface area contributed by atoms with Gasteiger partial charge in [-0.25, -0.2) is 14.4 Å². The number of amides is 1. The third kappa shape index (κ3) is 4.42. The number of H-pyrrole nitrogens is 1. The van der Waals surface area contributed by atoms with Crippen LogP contribution in [0.5, 0.6) is 11.5 Å². The number of hydrogen-bond donors (Lipinski definition) is 1. The predicted octanol–water partition coefficient (Wildman–Crippen LogP) is 6.30. The van der Waals surface area contributed by atoms with Crippen LogP contribution < -0.4 is 4.74 Å². The van der Waals surface area contributed by atoms with Crippen molar-refractivity contribution in [2.24, 2.45) is 0 Å². The van der Waals surface area contributed by atoms with E-state index in [0.29, 0.717) is 35.1 Å². The zero-order chi connectivity index (χ0) is 25.4. The minimum atomic E-state index is -0.271. The molecule has 1 atom stereocenters. The third-order valence-corrected chi connectivity index (χ3v) is 6.70. The molecule has 37 heavy (non-hydrogen) atoms. The number of rotatable bonds is 5. The van der Waals surface area contributed by atoms with E-state index in [1.807, 2.05) is 47.4 Å². The lowest BCUT2D eigenvalue weighted by atomic mass is 10.0. The van der Waals surface area contributed by atoms with Crippen LogP contribution in [0, 0.1) is 5.82 Å². The molecule has 2 aromatic heterocycles. The Balaban J connectivity index is 1.40. The number of nitrogens with one attached hydrogen (secondary N) is 1. The molecule has 184 valence electrons. The Morgan fingerprint density at radius 2 is 1.95 bits per heavy atom. The summed E-state index contributed by atoms with van der Waals surface area (Å²) in [5, 5.41) is 0. The lowest BCUT2D eigenvalue weighted by Gasteiger charge is -2.25. The molecule has 1 saturated heterocycles. The summed E-state index contributed by atoms with van der Waals surface area (Å²) in [6.45, 7) is 2.31. The molecule has 1 aliphatic rings. The molecule has 0 bridgehead atoms. The van der Waals surface area contributed by atoms with E-state index in [2.05, 4.69) is 15.0 Å². The van der Waals surface area contributed by atoms with Crippen LogP contribution in [0.2, 0.25) is 0 Å². The second-order valence-electron chi connectivity index (χ2n) is 9.06. The molecular weight excluding hydrogens is 469 g/mol. The van der Waals surface area contributed by atoms with Gasteiger partial charge >= 0.3 is 0 Å². The van der Waals surface area contributed by atoms with E-state index < -0.39 is 0 Å². The van der Waals surface area contributed by atoms with Crippen molar-refractivity contribution in [3.05, 3.63) is 90.6 Å². The molecular formula is C29H24FN5O2. The SMILES string of the molecule is CC(=O)N1CCCC1c1cc2[nH]c(-c3cnccn3)nc2cc1Oc1ccc(-c2ccccc2F)cc1. The van der Waals surface area contributed by atoms with Gasteiger partial charge in [-0.15, -0.1) is 0 Å². The lowest BCUT2D eigenvalue weighted by Crippen LogP contribution is -2.28. The molecule has 8 heteroatoms. The lowest BCUT2D eigenvalue weighted by molar-refractivity contribution is -0.129. The van der Waals surface area contributed by atoms with Crippen molar-refractivity contribution in [1.82, 2.24) is 24.8 Å². The number of ether oxygens (including phenoxy) is 1. The molecule has 1 fully saturated rings. The number of carbonyl (C=O) groups is 1. The Hall–Kier alpha value is -4.59. The zero-order valence-electron chi connectivity index (χ0n) is 20.2. The second kappa shape index (κ2) is 9.46. The summed E-state index contributed by atoms with van der Waals surface area (Å²) < 4.78 is 20.6. The largest absolute Gasteiger partial charge is 0.457 e. The van der Waals surface area contributed by atoms with E-state index in [4.69, 9.17) is 9.72 Å². The molecule has 0 spiro atoms. The number of aromatic nitrogens is 4. The van der Waals surface area contributed by atoms with Gasteiger partial charge in [0.1, 0.15) is 23.0 Å². The van der Waals surface area contributed by atoms with E-state index >= 15 is 0 Å². The monoisotopic (exact) mass is 493 g/mol. The standard InChI is InChI=1S/C29H24FN5O2/c1-18(36)35-14-4-7-27(35)22-15-24-25(34-29(33-24)26-17-31-12-13-32-26)16-28(22)37-20-10-8-19(9-11-20)21-5-2-3-6-23(21)30/h2-3,5-6,8-13,15-17,27H,4,7,14H2,1H3,(H,33,34). The first-order valence-corrected chi connectivity index (χ1v) is 12.2. The highest BCUT2D eigenvalue weighted by atomic mass is 19.1. The molecule has 3 aromatic carbocycles. The van der Waals surface area contributed by atoms with Crippen LogP contribution in [0.4, 0.5) is 4.39 Å². The Labute approximate surface area is 213 Å². The summed E-state index contributed by atoms with van der Waals surface area (Å²) in [4.78, 5) is 30.8. The molecule has 6 rings (SSSR count). The van der Waals surface area contributed by atoms with Crippen molar-refractivity contribution < 1.29 is 13.9 Å². The molecule has 7 nitrogen and oxygen atoms in total. The Morgan fingerprint density at radius 3 is 2.70 bits per heavy atom. The molecule has 1 aliphatic heterocycles. The number of imidazole rings is 1. The highest BCUT2D eigenvalue weighted by molar-refractivity contribution is 5.82. The number of benzene rings is 3. The van der Waals surface area contributed by atoms with Crippen LogP contribution >= 0.6 is 0 Å². The number of likely N-dealkylation sites (tertiary alicyclic amines) is 1. The fourth-order valence-corrected chi connectivity index (χ4v) is 4.94. The topological polar surface area (TPSA) is 84.0 Å². The van der Waals surface area contributed by atoms with E-state index in [9.17, 15) is 9.18 Å². The quantitative estimate of drug-likeness (QED) is 0.311. The molecule has 1 N–H and O–H groups in total. The van der Waals surface area contributed by atoms with Crippen LogP contribution in [-0.4, -0.2) is 37.3 Å². The first kappa shape index (κ1) is 22.8. The van der Waals surface area contributed by atoms with E-state index in [1.165, 1.54) is 6.07 Å². The number of aromatic amines is 1. The van der Waals surface area contributed by atoms with E-state index in [0.717, 1.165) is 35.0 Å². The molecule has 1 amide bonds. The van der Waals surface area contributed by atoms with Gasteiger partial charge in [0.15, 0.2) is 5.82 Å². The minimum Gasteiger partial charge on any atom is -0.457 e. The predicted molar refractivity (Wildman–Crippen MR) is 138 cm³/mol. The van der Waals surface area contributed by atoms with Gasteiger partial charge in [0.2, 0.25) is 5.91 Å². The second-order valence-corrected chi connectivity index (χ2v) is 9.06. The average Bonchev–Trinajstić information content (AvgIpc) is 3.57. The van der Waals surface area contributed by atoms with Crippen LogP contribution in [0.15, 0.2) is 79.3 Å². The summed E-state index contributed by atoms with van der Waals surface area (Å²) >= 11 is 0. The summed E-state index contributed by atoms with van der Waals surface area (Å²) in [7, 11) is 0. The summed E-state index contributed by atoms with van der Waals surface area (Å²) in [6.07, 6.45) is 6.66. The highest BCUT2D eigenvalue weighted by Crippen LogP contribution is 2.41. The average molecular weight is 494 g/mol. The van der Waals surface area contributed by atoms with Crippen LogP contribution in [-0.2, 0) is 4.79 Å². The maximum Gasteiger partial charge on any atom is 0.219 e. The van der Waals surface area contributed by atoms with Gasteiger partial charge in [0.05, 0.1) is 23.3 Å². The van der Waals surface area contributed by atoms with Gasteiger partial charge in [0, 0.05) is 43.1 Å².